The highest BCUT2D eigenvalue weighted by Gasteiger charge is 2.37. The molecule has 2 aliphatic rings. The van der Waals surface area contributed by atoms with Gasteiger partial charge >= 0.3 is 5.97 Å². The van der Waals surface area contributed by atoms with Crippen LogP contribution in [-0.2, 0) is 16.0 Å². The van der Waals surface area contributed by atoms with Crippen molar-refractivity contribution in [3.05, 3.63) is 35.4 Å². The number of carboxylic acid groups (broad SMARTS) is 1. The summed E-state index contributed by atoms with van der Waals surface area (Å²) < 4.78 is 26.5. The number of amides is 1. The lowest BCUT2D eigenvalue weighted by atomic mass is 9.85. The van der Waals surface area contributed by atoms with Gasteiger partial charge in [-0.25, -0.2) is 8.78 Å². The van der Waals surface area contributed by atoms with E-state index >= 15 is 0 Å². The second kappa shape index (κ2) is 7.47. The summed E-state index contributed by atoms with van der Waals surface area (Å²) >= 11 is 0. The van der Waals surface area contributed by atoms with E-state index in [9.17, 15) is 18.4 Å². The molecule has 0 bridgehead atoms. The van der Waals surface area contributed by atoms with Crippen LogP contribution in [0, 0.1) is 17.6 Å². The molecule has 2 fully saturated rings. The van der Waals surface area contributed by atoms with Crippen LogP contribution in [0.3, 0.4) is 0 Å². The topological polar surface area (TPSA) is 69.6 Å². The van der Waals surface area contributed by atoms with E-state index in [2.05, 4.69) is 5.32 Å². The fraction of sp³-hybridized carbons (Fsp3) is 0.556. The molecule has 0 atom stereocenters. The predicted molar refractivity (Wildman–Crippen MR) is 86.9 cm³/mol. The predicted octanol–water partition coefficient (Wildman–Crippen LogP) is 1.95. The molecule has 0 aliphatic heterocycles. The van der Waals surface area contributed by atoms with Crippen LogP contribution in [0.2, 0.25) is 0 Å². The van der Waals surface area contributed by atoms with E-state index in [1.807, 2.05) is 4.90 Å². The molecule has 136 valence electrons. The zero-order valence-electron chi connectivity index (χ0n) is 13.9. The largest absolute Gasteiger partial charge is 0.480 e. The maximum absolute atomic E-state index is 13.6. The lowest BCUT2D eigenvalue weighted by Gasteiger charge is -2.42. The standard InChI is InChI=1S/C18H22F2N2O3/c19-13-4-3-12(16(20)6-13)5-17(23)21-14-7-15(8-14)22(10-18(24)25)9-11-1-2-11/h3-4,6,11,14-15H,1-2,5,7-10H2,(H,21,23)(H,24,25). The third kappa shape index (κ3) is 4.98. The molecule has 7 heteroatoms. The van der Waals surface area contributed by atoms with Gasteiger partial charge in [-0.05, 0) is 43.2 Å². The number of rotatable bonds is 8. The highest BCUT2D eigenvalue weighted by atomic mass is 19.1. The molecule has 0 spiro atoms. The van der Waals surface area contributed by atoms with Gasteiger partial charge in [-0.2, -0.15) is 0 Å². The maximum atomic E-state index is 13.6. The van der Waals surface area contributed by atoms with Crippen molar-refractivity contribution >= 4 is 11.9 Å². The molecule has 1 aromatic rings. The van der Waals surface area contributed by atoms with Crippen LogP contribution >= 0.6 is 0 Å². The minimum absolute atomic E-state index is 0.0171. The van der Waals surface area contributed by atoms with Crippen LogP contribution in [0.4, 0.5) is 8.78 Å². The number of carbonyl (C=O) groups is 2. The Bertz CT molecular complexity index is 658. The van der Waals surface area contributed by atoms with Gasteiger partial charge in [-0.3, -0.25) is 14.5 Å². The molecule has 2 N–H and O–H groups in total. The van der Waals surface area contributed by atoms with Gasteiger partial charge in [-0.1, -0.05) is 6.07 Å². The number of halogens is 2. The van der Waals surface area contributed by atoms with E-state index in [4.69, 9.17) is 5.11 Å². The van der Waals surface area contributed by atoms with E-state index in [0.717, 1.165) is 31.5 Å². The molecule has 5 nitrogen and oxygen atoms in total. The number of hydrogen-bond donors (Lipinski definition) is 2. The van der Waals surface area contributed by atoms with Crippen molar-refractivity contribution < 1.29 is 23.5 Å². The Morgan fingerprint density at radius 2 is 1.96 bits per heavy atom. The summed E-state index contributed by atoms with van der Waals surface area (Å²) in [6.07, 6.45) is 3.60. The Labute approximate surface area is 145 Å². The van der Waals surface area contributed by atoms with Gasteiger partial charge in [0.2, 0.25) is 5.91 Å². The number of hydrogen-bond acceptors (Lipinski definition) is 3. The second-order valence-corrected chi connectivity index (χ2v) is 7.07. The SMILES string of the molecule is O=C(O)CN(CC1CC1)C1CC(NC(=O)Cc2ccc(F)cc2F)C1. The lowest BCUT2D eigenvalue weighted by molar-refractivity contribution is -0.140. The minimum atomic E-state index is -0.833. The summed E-state index contributed by atoms with van der Waals surface area (Å²) in [4.78, 5) is 25.0. The van der Waals surface area contributed by atoms with Crippen LogP contribution in [0.15, 0.2) is 18.2 Å². The number of aliphatic carboxylic acids is 1. The molecule has 0 unspecified atom stereocenters. The summed E-state index contributed by atoms with van der Waals surface area (Å²) in [5.41, 5.74) is 0.163. The smallest absolute Gasteiger partial charge is 0.317 e. The molecule has 1 amide bonds. The Balaban J connectivity index is 1.45. The zero-order chi connectivity index (χ0) is 18.0. The molecule has 25 heavy (non-hydrogen) atoms. The van der Waals surface area contributed by atoms with Crippen molar-refractivity contribution in [2.75, 3.05) is 13.1 Å². The Kier molecular flexibility index (Phi) is 5.32. The minimum Gasteiger partial charge on any atom is -0.480 e. The van der Waals surface area contributed by atoms with Gasteiger partial charge in [0.1, 0.15) is 11.6 Å². The first kappa shape index (κ1) is 17.8. The first-order chi connectivity index (χ1) is 11.9. The van der Waals surface area contributed by atoms with Gasteiger partial charge in [0.05, 0.1) is 13.0 Å². The first-order valence-corrected chi connectivity index (χ1v) is 8.60. The summed E-state index contributed by atoms with van der Waals surface area (Å²) in [7, 11) is 0. The Morgan fingerprint density at radius 1 is 1.24 bits per heavy atom. The van der Waals surface area contributed by atoms with Crippen molar-refractivity contribution in [2.24, 2.45) is 5.92 Å². The molecular formula is C18H22F2N2O3. The Morgan fingerprint density at radius 3 is 2.56 bits per heavy atom. The molecule has 2 saturated carbocycles. The van der Waals surface area contributed by atoms with E-state index in [1.165, 1.54) is 6.07 Å². The summed E-state index contributed by atoms with van der Waals surface area (Å²) in [6, 6.07) is 3.33. The van der Waals surface area contributed by atoms with Crippen LogP contribution in [0.1, 0.15) is 31.2 Å². The normalized spacial score (nSPS) is 22.5. The van der Waals surface area contributed by atoms with E-state index < -0.39 is 17.6 Å². The van der Waals surface area contributed by atoms with Crippen LogP contribution < -0.4 is 5.32 Å². The summed E-state index contributed by atoms with van der Waals surface area (Å²) in [5, 5.41) is 11.9. The van der Waals surface area contributed by atoms with Crippen LogP contribution in [0.5, 0.6) is 0 Å². The average molecular weight is 352 g/mol. The third-order valence-corrected chi connectivity index (χ3v) is 4.89. The number of nitrogens with zero attached hydrogens (tertiary/aromatic N) is 1. The fourth-order valence-electron chi connectivity index (χ4n) is 3.27. The zero-order valence-corrected chi connectivity index (χ0v) is 13.9. The number of carbonyl (C=O) groups excluding carboxylic acids is 1. The third-order valence-electron chi connectivity index (χ3n) is 4.89. The van der Waals surface area contributed by atoms with Gasteiger partial charge in [0.15, 0.2) is 0 Å². The molecular weight excluding hydrogens is 330 g/mol. The second-order valence-electron chi connectivity index (χ2n) is 7.07. The van der Waals surface area contributed by atoms with Crippen molar-refractivity contribution in [1.29, 1.82) is 0 Å². The fourth-order valence-corrected chi connectivity index (χ4v) is 3.27. The van der Waals surface area contributed by atoms with E-state index in [-0.39, 0.29) is 36.5 Å². The van der Waals surface area contributed by atoms with Gasteiger partial charge in [0, 0.05) is 24.7 Å². The molecule has 0 aromatic heterocycles. The summed E-state index contributed by atoms with van der Waals surface area (Å²) in [5.74, 6) is -1.92. The van der Waals surface area contributed by atoms with Crippen molar-refractivity contribution in [1.82, 2.24) is 10.2 Å². The quantitative estimate of drug-likeness (QED) is 0.750. The van der Waals surface area contributed by atoms with Crippen LogP contribution in [-0.4, -0.2) is 47.1 Å². The van der Waals surface area contributed by atoms with Crippen molar-refractivity contribution in [3.63, 3.8) is 0 Å². The lowest BCUT2D eigenvalue weighted by Crippen LogP contribution is -2.55. The van der Waals surface area contributed by atoms with Gasteiger partial charge < -0.3 is 10.4 Å². The van der Waals surface area contributed by atoms with Crippen molar-refractivity contribution in [2.45, 2.75) is 44.2 Å². The highest BCUT2D eigenvalue weighted by molar-refractivity contribution is 5.79. The molecule has 0 radical (unpaired) electrons. The molecule has 0 saturated heterocycles. The number of nitrogens with one attached hydrogen (secondary N) is 1. The Hall–Kier alpha value is -2.02. The van der Waals surface area contributed by atoms with E-state index in [1.54, 1.807) is 0 Å². The number of carboxylic acids is 1. The van der Waals surface area contributed by atoms with Gasteiger partial charge in [-0.15, -0.1) is 0 Å². The molecule has 0 heterocycles. The van der Waals surface area contributed by atoms with Crippen LogP contribution in [0.25, 0.3) is 0 Å². The highest BCUT2D eigenvalue weighted by Crippen LogP contribution is 2.33. The molecule has 2 aliphatic carbocycles. The molecule has 3 rings (SSSR count). The first-order valence-electron chi connectivity index (χ1n) is 8.60. The number of benzene rings is 1. The summed E-state index contributed by atoms with van der Waals surface area (Å²) in [6.45, 7) is 0.834. The molecule has 1 aromatic carbocycles. The van der Waals surface area contributed by atoms with Crippen molar-refractivity contribution in [3.8, 4) is 0 Å². The van der Waals surface area contributed by atoms with E-state index in [0.29, 0.717) is 18.8 Å². The monoisotopic (exact) mass is 352 g/mol. The van der Waals surface area contributed by atoms with Gasteiger partial charge in [0.25, 0.3) is 0 Å². The maximum Gasteiger partial charge on any atom is 0.317 e. The average Bonchev–Trinajstić information content (AvgIpc) is 3.28.